The van der Waals surface area contributed by atoms with Gasteiger partial charge >= 0.3 is 17.9 Å². The number of ether oxygens (including phenoxy) is 3. The van der Waals surface area contributed by atoms with Gasteiger partial charge in [-0.2, -0.15) is 0 Å². The summed E-state index contributed by atoms with van der Waals surface area (Å²) in [5.74, 6) is -0.966. The summed E-state index contributed by atoms with van der Waals surface area (Å²) in [6, 6.07) is 0. The van der Waals surface area contributed by atoms with Gasteiger partial charge in [-0.1, -0.05) is 264 Å². The molecular weight excluding hydrogens is 913 g/mol. The van der Waals surface area contributed by atoms with Crippen LogP contribution in [0.5, 0.6) is 0 Å². The Labute approximate surface area is 456 Å². The lowest BCUT2D eigenvalue weighted by atomic mass is 10.0. The van der Waals surface area contributed by atoms with Crippen LogP contribution in [-0.4, -0.2) is 37.2 Å². The standard InChI is InChI=1S/C68H112O6/c1-4-7-10-13-16-19-22-25-28-30-32-33-34-35-36-38-40-43-46-49-52-55-58-61-67(70)73-64-65(63-72-66(69)60-57-54-51-48-45-42-39-27-24-21-18-15-12-9-6-3)74-68(71)62-59-56-53-50-47-44-41-37-31-29-26-23-20-17-14-11-8-5-2/h7,9-10,12,16,18-19,21,25,27-28,32-33,35-36,39-40,43,45,48,65H,4-6,8,11,13-15,17,20,22-24,26,29-31,34,37-38,41-42,44,46-47,49-64H2,1-3H3/b10-7-,12-9-,19-16-,21-18-,28-25-,33-32-,36-35-,39-27-,43-40-,48-45-. The lowest BCUT2D eigenvalue weighted by Crippen LogP contribution is -2.30. The van der Waals surface area contributed by atoms with Crippen molar-refractivity contribution in [3.05, 3.63) is 122 Å². The molecule has 74 heavy (non-hydrogen) atoms. The van der Waals surface area contributed by atoms with E-state index in [4.69, 9.17) is 14.2 Å². The van der Waals surface area contributed by atoms with Crippen molar-refractivity contribution in [2.75, 3.05) is 13.2 Å². The zero-order valence-corrected chi connectivity index (χ0v) is 48.1. The van der Waals surface area contributed by atoms with Crippen LogP contribution in [0.25, 0.3) is 0 Å². The highest BCUT2D eigenvalue weighted by Crippen LogP contribution is 2.16. The predicted molar refractivity (Wildman–Crippen MR) is 320 cm³/mol. The molecular formula is C68H112O6. The van der Waals surface area contributed by atoms with Gasteiger partial charge in [-0.25, -0.2) is 0 Å². The Hall–Kier alpha value is -4.19. The number of allylic oxidation sites excluding steroid dienone is 20. The van der Waals surface area contributed by atoms with Crippen molar-refractivity contribution in [2.45, 2.75) is 277 Å². The maximum Gasteiger partial charge on any atom is 0.306 e. The van der Waals surface area contributed by atoms with Crippen molar-refractivity contribution >= 4 is 17.9 Å². The first-order valence-corrected chi connectivity index (χ1v) is 30.5. The second-order valence-corrected chi connectivity index (χ2v) is 19.9. The van der Waals surface area contributed by atoms with Gasteiger partial charge in [-0.3, -0.25) is 14.4 Å². The van der Waals surface area contributed by atoms with E-state index in [2.05, 4.69) is 142 Å². The molecule has 0 bridgehead atoms. The average molecular weight is 1030 g/mol. The quantitative estimate of drug-likeness (QED) is 0.0261. The smallest absolute Gasteiger partial charge is 0.306 e. The summed E-state index contributed by atoms with van der Waals surface area (Å²) in [4.78, 5) is 38.2. The van der Waals surface area contributed by atoms with Crippen LogP contribution >= 0.6 is 0 Å². The van der Waals surface area contributed by atoms with Gasteiger partial charge in [0.15, 0.2) is 6.10 Å². The summed E-state index contributed by atoms with van der Waals surface area (Å²) >= 11 is 0. The van der Waals surface area contributed by atoms with E-state index in [1.165, 1.54) is 96.3 Å². The zero-order chi connectivity index (χ0) is 53.6. The van der Waals surface area contributed by atoms with Gasteiger partial charge in [-0.05, 0) is 109 Å². The van der Waals surface area contributed by atoms with Crippen LogP contribution in [0.15, 0.2) is 122 Å². The highest BCUT2D eigenvalue weighted by Gasteiger charge is 2.19. The van der Waals surface area contributed by atoms with Crippen molar-refractivity contribution in [1.29, 1.82) is 0 Å². The summed E-state index contributed by atoms with van der Waals surface area (Å²) in [5.41, 5.74) is 0. The minimum atomic E-state index is -0.809. The largest absolute Gasteiger partial charge is 0.462 e. The lowest BCUT2D eigenvalue weighted by Gasteiger charge is -2.18. The van der Waals surface area contributed by atoms with Gasteiger partial charge < -0.3 is 14.2 Å². The monoisotopic (exact) mass is 1020 g/mol. The minimum absolute atomic E-state index is 0.106. The molecule has 0 aliphatic rings. The molecule has 0 saturated heterocycles. The maximum atomic E-state index is 12.9. The number of esters is 3. The first-order chi connectivity index (χ1) is 36.5. The molecule has 0 radical (unpaired) electrons. The second kappa shape index (κ2) is 61.4. The van der Waals surface area contributed by atoms with Crippen molar-refractivity contribution in [1.82, 2.24) is 0 Å². The predicted octanol–water partition coefficient (Wildman–Crippen LogP) is 20.8. The van der Waals surface area contributed by atoms with Crippen molar-refractivity contribution in [3.63, 3.8) is 0 Å². The first-order valence-electron chi connectivity index (χ1n) is 30.5. The SMILES string of the molecule is CC/C=C\C/C=C\C/C=C\C/C=C\C/C=C\C/C=C\CCCCCCC(=O)OCC(COC(=O)CCCC/C=C\C/C=C\C/C=C\C/C=C\CC)OC(=O)CCCCCCCCCCCCCCCCCCCC. The van der Waals surface area contributed by atoms with E-state index in [-0.39, 0.29) is 31.1 Å². The fourth-order valence-corrected chi connectivity index (χ4v) is 8.20. The summed E-state index contributed by atoms with van der Waals surface area (Å²) in [7, 11) is 0. The number of carbonyl (C=O) groups excluding carboxylic acids is 3. The third-order valence-corrected chi connectivity index (χ3v) is 12.7. The van der Waals surface area contributed by atoms with E-state index in [9.17, 15) is 14.4 Å². The molecule has 420 valence electrons. The summed E-state index contributed by atoms with van der Waals surface area (Å²) < 4.78 is 16.9. The highest BCUT2D eigenvalue weighted by molar-refractivity contribution is 5.71. The first kappa shape index (κ1) is 69.8. The van der Waals surface area contributed by atoms with Crippen LogP contribution in [0.2, 0.25) is 0 Å². The Bertz CT molecular complexity index is 1550. The molecule has 1 unspecified atom stereocenters. The maximum absolute atomic E-state index is 12.9. The Morgan fingerprint density at radius 1 is 0.284 bits per heavy atom. The van der Waals surface area contributed by atoms with E-state index in [0.717, 1.165) is 135 Å². The molecule has 0 aliphatic carbocycles. The fourth-order valence-electron chi connectivity index (χ4n) is 8.20. The zero-order valence-electron chi connectivity index (χ0n) is 48.1. The molecule has 0 aliphatic heterocycles. The molecule has 0 heterocycles. The third-order valence-electron chi connectivity index (χ3n) is 12.7. The van der Waals surface area contributed by atoms with Gasteiger partial charge in [0, 0.05) is 19.3 Å². The van der Waals surface area contributed by atoms with E-state index in [1.807, 2.05) is 0 Å². The van der Waals surface area contributed by atoms with Gasteiger partial charge in [0.1, 0.15) is 13.2 Å². The molecule has 0 aromatic rings. The molecule has 1 atom stereocenters. The van der Waals surface area contributed by atoms with E-state index in [0.29, 0.717) is 19.3 Å². The molecule has 0 fully saturated rings. The van der Waals surface area contributed by atoms with Gasteiger partial charge in [0.05, 0.1) is 0 Å². The van der Waals surface area contributed by atoms with Gasteiger partial charge in [0.2, 0.25) is 0 Å². The highest BCUT2D eigenvalue weighted by atomic mass is 16.6. The normalized spacial score (nSPS) is 13.0. The third kappa shape index (κ3) is 58.7. The van der Waals surface area contributed by atoms with Crippen LogP contribution < -0.4 is 0 Å². The van der Waals surface area contributed by atoms with E-state index in [1.54, 1.807) is 0 Å². The number of unbranched alkanes of at least 4 members (excludes halogenated alkanes) is 23. The Kier molecular flexibility index (Phi) is 57.9. The molecule has 0 saturated carbocycles. The molecule has 0 aromatic carbocycles. The summed E-state index contributed by atoms with van der Waals surface area (Å²) in [6.45, 7) is 6.37. The van der Waals surface area contributed by atoms with Crippen molar-refractivity contribution in [3.8, 4) is 0 Å². The molecule has 0 spiro atoms. The molecule has 0 aromatic heterocycles. The molecule has 0 N–H and O–H groups in total. The van der Waals surface area contributed by atoms with Crippen LogP contribution in [0.3, 0.4) is 0 Å². The average Bonchev–Trinajstić information content (AvgIpc) is 3.40. The number of hydrogen-bond donors (Lipinski definition) is 0. The van der Waals surface area contributed by atoms with Gasteiger partial charge in [-0.15, -0.1) is 0 Å². The topological polar surface area (TPSA) is 78.9 Å². The number of rotatable bonds is 54. The Morgan fingerprint density at radius 3 is 0.851 bits per heavy atom. The Morgan fingerprint density at radius 2 is 0.527 bits per heavy atom. The minimum Gasteiger partial charge on any atom is -0.462 e. The van der Waals surface area contributed by atoms with Gasteiger partial charge in [0.25, 0.3) is 0 Å². The van der Waals surface area contributed by atoms with Crippen molar-refractivity contribution in [2.24, 2.45) is 0 Å². The summed E-state index contributed by atoms with van der Waals surface area (Å²) in [5, 5.41) is 0. The van der Waals surface area contributed by atoms with Crippen LogP contribution in [0.4, 0.5) is 0 Å². The number of carbonyl (C=O) groups is 3. The fraction of sp³-hybridized carbons (Fsp3) is 0.662. The lowest BCUT2D eigenvalue weighted by molar-refractivity contribution is -0.167. The summed E-state index contributed by atoms with van der Waals surface area (Å²) in [6.07, 6.45) is 84.8. The second-order valence-electron chi connectivity index (χ2n) is 19.9. The van der Waals surface area contributed by atoms with Crippen LogP contribution in [-0.2, 0) is 28.6 Å². The molecule has 0 rings (SSSR count). The molecule has 0 amide bonds. The van der Waals surface area contributed by atoms with Crippen molar-refractivity contribution < 1.29 is 28.6 Å². The van der Waals surface area contributed by atoms with Crippen LogP contribution in [0.1, 0.15) is 271 Å². The van der Waals surface area contributed by atoms with Crippen LogP contribution in [0, 0.1) is 0 Å². The molecule has 6 heteroatoms. The Balaban J connectivity index is 4.47. The van der Waals surface area contributed by atoms with E-state index >= 15 is 0 Å². The molecule has 6 nitrogen and oxygen atoms in total. The van der Waals surface area contributed by atoms with E-state index < -0.39 is 6.10 Å². The number of hydrogen-bond acceptors (Lipinski definition) is 6.